The van der Waals surface area contributed by atoms with E-state index in [1.54, 1.807) is 6.07 Å². The molecule has 2 rings (SSSR count). The van der Waals surface area contributed by atoms with Gasteiger partial charge in [-0.15, -0.1) is 0 Å². The highest BCUT2D eigenvalue weighted by Gasteiger charge is 2.28. The zero-order valence-corrected chi connectivity index (χ0v) is 12.3. The van der Waals surface area contributed by atoms with Crippen molar-refractivity contribution in [2.45, 2.75) is 26.8 Å². The minimum Gasteiger partial charge on any atom is -0.504 e. The fourth-order valence-corrected chi connectivity index (χ4v) is 2.44. The lowest BCUT2D eigenvalue weighted by Gasteiger charge is -2.28. The van der Waals surface area contributed by atoms with Crippen LogP contribution in [0.5, 0.6) is 11.5 Å². The zero-order valence-electron chi connectivity index (χ0n) is 12.3. The van der Waals surface area contributed by atoms with Crippen molar-refractivity contribution in [3.05, 3.63) is 23.8 Å². The molecule has 0 aliphatic carbocycles. The van der Waals surface area contributed by atoms with Crippen LogP contribution in [0.4, 0.5) is 0 Å². The first-order valence-electron chi connectivity index (χ1n) is 7.05. The first-order valence-corrected chi connectivity index (χ1v) is 7.05. The maximum Gasteiger partial charge on any atom is 0.191 e. The third kappa shape index (κ3) is 2.98. The number of benzene rings is 1. The smallest absolute Gasteiger partial charge is 0.191 e. The van der Waals surface area contributed by atoms with Crippen molar-refractivity contribution in [2.75, 3.05) is 19.7 Å². The maximum atomic E-state index is 9.78. The van der Waals surface area contributed by atoms with Gasteiger partial charge in [0.15, 0.2) is 17.5 Å². The molecule has 1 aliphatic heterocycles. The molecule has 1 atom stereocenters. The molecule has 0 saturated carbocycles. The van der Waals surface area contributed by atoms with Crippen molar-refractivity contribution in [1.82, 2.24) is 4.90 Å². The van der Waals surface area contributed by atoms with E-state index in [2.05, 4.69) is 23.7 Å². The highest BCUT2D eigenvalue weighted by atomic mass is 16.5. The molecular formula is C15H23N3O2. The number of nitrogens with two attached hydrogens (primary N) is 1. The third-order valence-electron chi connectivity index (χ3n) is 3.33. The first kappa shape index (κ1) is 14.5. The van der Waals surface area contributed by atoms with E-state index >= 15 is 0 Å². The summed E-state index contributed by atoms with van der Waals surface area (Å²) in [7, 11) is 0. The van der Waals surface area contributed by atoms with E-state index in [1.807, 2.05) is 19.1 Å². The van der Waals surface area contributed by atoms with Crippen LogP contribution in [-0.2, 0) is 0 Å². The molecule has 5 nitrogen and oxygen atoms in total. The van der Waals surface area contributed by atoms with Gasteiger partial charge in [0.25, 0.3) is 0 Å². The topological polar surface area (TPSA) is 71.1 Å². The molecule has 20 heavy (non-hydrogen) atoms. The highest BCUT2D eigenvalue weighted by molar-refractivity contribution is 5.80. The Labute approximate surface area is 120 Å². The van der Waals surface area contributed by atoms with E-state index < -0.39 is 0 Å². The molecule has 1 aromatic carbocycles. The highest BCUT2D eigenvalue weighted by Crippen LogP contribution is 2.33. The Morgan fingerprint density at radius 2 is 2.25 bits per heavy atom. The minimum atomic E-state index is 0.122. The summed E-state index contributed by atoms with van der Waals surface area (Å²) >= 11 is 0. The Kier molecular flexibility index (Phi) is 4.37. The van der Waals surface area contributed by atoms with Gasteiger partial charge in [-0.2, -0.15) is 0 Å². The molecule has 5 heteroatoms. The van der Waals surface area contributed by atoms with Gasteiger partial charge >= 0.3 is 0 Å². The number of phenols is 1. The number of hydrogen-bond acceptors (Lipinski definition) is 5. The van der Waals surface area contributed by atoms with Crippen molar-refractivity contribution in [2.24, 2.45) is 16.6 Å². The average Bonchev–Trinajstić information content (AvgIpc) is 2.74. The van der Waals surface area contributed by atoms with E-state index in [4.69, 9.17) is 10.5 Å². The molecule has 0 bridgehead atoms. The van der Waals surface area contributed by atoms with E-state index in [0.717, 1.165) is 12.1 Å². The summed E-state index contributed by atoms with van der Waals surface area (Å²) in [6, 6.07) is 5.58. The summed E-state index contributed by atoms with van der Waals surface area (Å²) in [5.74, 6) is 1.78. The summed E-state index contributed by atoms with van der Waals surface area (Å²) < 4.78 is 5.44. The van der Waals surface area contributed by atoms with E-state index in [0.29, 0.717) is 30.8 Å². The molecular weight excluding hydrogens is 254 g/mol. The van der Waals surface area contributed by atoms with Crippen LogP contribution in [0.2, 0.25) is 0 Å². The zero-order chi connectivity index (χ0) is 14.7. The second-order valence-electron chi connectivity index (χ2n) is 5.42. The second-order valence-corrected chi connectivity index (χ2v) is 5.42. The number of aromatic hydroxyl groups is 1. The van der Waals surface area contributed by atoms with Gasteiger partial charge in [0, 0.05) is 6.54 Å². The quantitative estimate of drug-likeness (QED) is 0.865. The first-order chi connectivity index (χ1) is 9.52. The third-order valence-corrected chi connectivity index (χ3v) is 3.33. The van der Waals surface area contributed by atoms with Crippen LogP contribution >= 0.6 is 0 Å². The van der Waals surface area contributed by atoms with Crippen LogP contribution in [-0.4, -0.2) is 35.7 Å². The Balaban J connectivity index is 2.24. The van der Waals surface area contributed by atoms with E-state index in [-0.39, 0.29) is 11.8 Å². The maximum absolute atomic E-state index is 9.78. The molecule has 1 heterocycles. The number of hydrogen-bond donors (Lipinski definition) is 2. The molecule has 0 fully saturated rings. The minimum absolute atomic E-state index is 0.122. The number of ether oxygens (including phenoxy) is 1. The lowest BCUT2D eigenvalue weighted by atomic mass is 10.0. The molecule has 1 aromatic rings. The molecule has 3 N–H and O–H groups in total. The molecule has 0 saturated heterocycles. The lowest BCUT2D eigenvalue weighted by molar-refractivity contribution is 0.302. The van der Waals surface area contributed by atoms with Gasteiger partial charge in [-0.05, 0) is 30.5 Å². The molecule has 0 amide bonds. The van der Waals surface area contributed by atoms with Gasteiger partial charge in [-0.25, -0.2) is 0 Å². The van der Waals surface area contributed by atoms with Crippen molar-refractivity contribution in [1.29, 1.82) is 0 Å². The Morgan fingerprint density at radius 3 is 2.90 bits per heavy atom. The summed E-state index contributed by atoms with van der Waals surface area (Å²) in [4.78, 5) is 6.46. The van der Waals surface area contributed by atoms with Gasteiger partial charge in [-0.1, -0.05) is 19.9 Å². The van der Waals surface area contributed by atoms with Crippen molar-refractivity contribution in [3.63, 3.8) is 0 Å². The van der Waals surface area contributed by atoms with Crippen molar-refractivity contribution in [3.8, 4) is 11.5 Å². The average molecular weight is 277 g/mol. The van der Waals surface area contributed by atoms with Crippen LogP contribution in [0.3, 0.4) is 0 Å². The van der Waals surface area contributed by atoms with Crippen LogP contribution in [0, 0.1) is 5.92 Å². The van der Waals surface area contributed by atoms with Crippen LogP contribution in [0.1, 0.15) is 32.4 Å². The monoisotopic (exact) mass is 277 g/mol. The summed E-state index contributed by atoms with van der Waals surface area (Å²) in [5.41, 5.74) is 7.04. The van der Waals surface area contributed by atoms with Crippen molar-refractivity contribution < 1.29 is 9.84 Å². The predicted molar refractivity (Wildman–Crippen MR) is 80.1 cm³/mol. The Hall–Kier alpha value is -1.91. The van der Waals surface area contributed by atoms with Crippen LogP contribution < -0.4 is 10.5 Å². The van der Waals surface area contributed by atoms with E-state index in [9.17, 15) is 5.11 Å². The van der Waals surface area contributed by atoms with Gasteiger partial charge < -0.3 is 20.5 Å². The molecule has 0 radical (unpaired) electrons. The van der Waals surface area contributed by atoms with Crippen molar-refractivity contribution >= 4 is 5.96 Å². The summed E-state index contributed by atoms with van der Waals surface area (Å²) in [6.45, 7) is 8.25. The van der Waals surface area contributed by atoms with Crippen LogP contribution in [0.15, 0.2) is 23.2 Å². The van der Waals surface area contributed by atoms with Gasteiger partial charge in [0.1, 0.15) is 0 Å². The fourth-order valence-electron chi connectivity index (χ4n) is 2.44. The SMILES string of the molecule is CCOc1cc(C2CN=C(N)N2CC(C)C)ccc1O. The predicted octanol–water partition coefficient (Wildman–Crippen LogP) is 2.12. The largest absolute Gasteiger partial charge is 0.504 e. The number of rotatable bonds is 5. The normalized spacial score (nSPS) is 18.5. The van der Waals surface area contributed by atoms with Gasteiger partial charge in [-0.3, -0.25) is 4.99 Å². The van der Waals surface area contributed by atoms with Gasteiger partial charge in [0.05, 0.1) is 19.2 Å². The standard InChI is InChI=1S/C15H23N3O2/c1-4-20-14-7-11(5-6-13(14)19)12-8-17-15(16)18(12)9-10(2)3/h5-7,10,12,19H,4,8-9H2,1-3H3,(H2,16,17). The molecule has 0 aromatic heterocycles. The summed E-state index contributed by atoms with van der Waals surface area (Å²) in [5, 5.41) is 9.78. The lowest BCUT2D eigenvalue weighted by Crippen LogP contribution is -2.38. The van der Waals surface area contributed by atoms with Gasteiger partial charge in [0.2, 0.25) is 0 Å². The van der Waals surface area contributed by atoms with E-state index in [1.165, 1.54) is 0 Å². The number of aliphatic imine (C=N–C) groups is 1. The second kappa shape index (κ2) is 6.03. The Bertz CT molecular complexity index is 500. The Morgan fingerprint density at radius 1 is 1.50 bits per heavy atom. The molecule has 1 unspecified atom stereocenters. The molecule has 0 spiro atoms. The van der Waals surface area contributed by atoms with Crippen LogP contribution in [0.25, 0.3) is 0 Å². The number of nitrogens with zero attached hydrogens (tertiary/aromatic N) is 2. The number of phenolic OH excluding ortho intramolecular Hbond substituents is 1. The molecule has 1 aliphatic rings. The summed E-state index contributed by atoms with van der Waals surface area (Å²) in [6.07, 6.45) is 0. The molecule has 110 valence electrons. The number of guanidine groups is 1. The fraction of sp³-hybridized carbons (Fsp3) is 0.533.